The lowest BCUT2D eigenvalue weighted by molar-refractivity contribution is 0.261. The Labute approximate surface area is 116 Å². The molecule has 19 heavy (non-hydrogen) atoms. The molecule has 2 nitrogen and oxygen atoms in total. The van der Waals surface area contributed by atoms with Crippen molar-refractivity contribution in [3.05, 3.63) is 35.1 Å². The standard InChI is InChI=1S/C16H25FN2/c1-12-10-14(4-5-16(12)17)15(11-19(2)3)13-6-8-18-9-7-13/h4-5,10,13,15,18H,6-9,11H2,1-3H3. The van der Waals surface area contributed by atoms with Gasteiger partial charge in [0.05, 0.1) is 0 Å². The summed E-state index contributed by atoms with van der Waals surface area (Å²) in [5, 5.41) is 3.42. The molecule has 0 spiro atoms. The molecule has 0 bridgehead atoms. The second kappa shape index (κ2) is 6.49. The first kappa shape index (κ1) is 14.5. The average Bonchev–Trinajstić information content (AvgIpc) is 2.40. The topological polar surface area (TPSA) is 15.3 Å². The maximum atomic E-state index is 13.4. The van der Waals surface area contributed by atoms with Crippen LogP contribution in [0, 0.1) is 18.7 Å². The summed E-state index contributed by atoms with van der Waals surface area (Å²) in [6.45, 7) is 5.10. The predicted molar refractivity (Wildman–Crippen MR) is 78.0 cm³/mol. The largest absolute Gasteiger partial charge is 0.317 e. The zero-order valence-corrected chi connectivity index (χ0v) is 12.2. The van der Waals surface area contributed by atoms with Crippen LogP contribution in [0.1, 0.15) is 29.9 Å². The molecule has 106 valence electrons. The van der Waals surface area contributed by atoms with E-state index in [1.165, 1.54) is 18.4 Å². The van der Waals surface area contributed by atoms with Crippen LogP contribution >= 0.6 is 0 Å². The first-order chi connectivity index (χ1) is 9.08. The fourth-order valence-corrected chi connectivity index (χ4v) is 3.07. The van der Waals surface area contributed by atoms with Crippen molar-refractivity contribution in [1.29, 1.82) is 0 Å². The van der Waals surface area contributed by atoms with Crippen molar-refractivity contribution in [3.8, 4) is 0 Å². The molecule has 1 N–H and O–H groups in total. The van der Waals surface area contributed by atoms with Crippen molar-refractivity contribution in [2.24, 2.45) is 5.92 Å². The van der Waals surface area contributed by atoms with E-state index in [1.807, 2.05) is 19.1 Å². The lowest BCUT2D eigenvalue weighted by Crippen LogP contribution is -2.34. The number of nitrogens with zero attached hydrogens (tertiary/aromatic N) is 1. The summed E-state index contributed by atoms with van der Waals surface area (Å²) in [4.78, 5) is 2.24. The van der Waals surface area contributed by atoms with E-state index in [0.29, 0.717) is 11.8 Å². The number of rotatable bonds is 4. The highest BCUT2D eigenvalue weighted by molar-refractivity contribution is 5.28. The van der Waals surface area contributed by atoms with Crippen LogP contribution < -0.4 is 5.32 Å². The number of likely N-dealkylation sites (N-methyl/N-ethyl adjacent to an activating group) is 1. The Hall–Kier alpha value is -0.930. The van der Waals surface area contributed by atoms with Crippen molar-refractivity contribution >= 4 is 0 Å². The lowest BCUT2D eigenvalue weighted by Gasteiger charge is -2.33. The quantitative estimate of drug-likeness (QED) is 0.899. The number of benzene rings is 1. The molecule has 1 atom stereocenters. The van der Waals surface area contributed by atoms with Crippen LogP contribution in [-0.4, -0.2) is 38.6 Å². The molecule has 0 aromatic heterocycles. The molecule has 1 aliphatic heterocycles. The van der Waals surface area contributed by atoms with Gasteiger partial charge in [0.15, 0.2) is 0 Å². The van der Waals surface area contributed by atoms with Crippen LogP contribution in [0.4, 0.5) is 4.39 Å². The van der Waals surface area contributed by atoms with Gasteiger partial charge < -0.3 is 10.2 Å². The van der Waals surface area contributed by atoms with Gasteiger partial charge in [0.25, 0.3) is 0 Å². The lowest BCUT2D eigenvalue weighted by atomic mass is 9.80. The summed E-state index contributed by atoms with van der Waals surface area (Å²) in [6, 6.07) is 5.62. The van der Waals surface area contributed by atoms with Crippen LogP contribution in [0.25, 0.3) is 0 Å². The number of nitrogens with one attached hydrogen (secondary N) is 1. The van der Waals surface area contributed by atoms with E-state index in [4.69, 9.17) is 0 Å². The molecule has 0 radical (unpaired) electrons. The molecule has 1 saturated heterocycles. The molecular formula is C16H25FN2. The van der Waals surface area contributed by atoms with Crippen molar-refractivity contribution < 1.29 is 4.39 Å². The summed E-state index contributed by atoms with van der Waals surface area (Å²) >= 11 is 0. The van der Waals surface area contributed by atoms with Gasteiger partial charge in [-0.1, -0.05) is 12.1 Å². The summed E-state index contributed by atoms with van der Waals surface area (Å²) < 4.78 is 13.4. The van der Waals surface area contributed by atoms with E-state index in [1.54, 1.807) is 6.07 Å². The van der Waals surface area contributed by atoms with Crippen LogP contribution in [0.3, 0.4) is 0 Å². The fraction of sp³-hybridized carbons (Fsp3) is 0.625. The van der Waals surface area contributed by atoms with Crippen molar-refractivity contribution in [1.82, 2.24) is 10.2 Å². The Morgan fingerprint density at radius 2 is 2.00 bits per heavy atom. The Morgan fingerprint density at radius 3 is 2.58 bits per heavy atom. The Balaban J connectivity index is 2.22. The average molecular weight is 264 g/mol. The number of aryl methyl sites for hydroxylation is 1. The Kier molecular flexibility index (Phi) is 4.94. The van der Waals surface area contributed by atoms with Crippen molar-refractivity contribution in [2.75, 3.05) is 33.7 Å². The minimum Gasteiger partial charge on any atom is -0.317 e. The summed E-state index contributed by atoms with van der Waals surface area (Å²) in [6.07, 6.45) is 2.43. The first-order valence-corrected chi connectivity index (χ1v) is 7.19. The van der Waals surface area contributed by atoms with E-state index >= 15 is 0 Å². The van der Waals surface area contributed by atoms with Gasteiger partial charge in [0.2, 0.25) is 0 Å². The molecule has 1 fully saturated rings. The zero-order valence-electron chi connectivity index (χ0n) is 12.2. The second-order valence-electron chi connectivity index (χ2n) is 5.96. The highest BCUT2D eigenvalue weighted by atomic mass is 19.1. The molecule has 1 aromatic carbocycles. The monoisotopic (exact) mass is 264 g/mol. The highest BCUT2D eigenvalue weighted by Crippen LogP contribution is 2.32. The van der Waals surface area contributed by atoms with Crippen molar-refractivity contribution in [3.63, 3.8) is 0 Å². The molecule has 0 aliphatic carbocycles. The number of piperidine rings is 1. The van der Waals surface area contributed by atoms with Crippen LogP contribution in [0.2, 0.25) is 0 Å². The van der Waals surface area contributed by atoms with Gasteiger partial charge in [0, 0.05) is 6.54 Å². The van der Waals surface area contributed by atoms with E-state index in [-0.39, 0.29) is 5.82 Å². The Morgan fingerprint density at radius 1 is 1.32 bits per heavy atom. The van der Waals surface area contributed by atoms with Gasteiger partial charge in [-0.05, 0) is 76.0 Å². The summed E-state index contributed by atoms with van der Waals surface area (Å²) in [7, 11) is 4.23. The van der Waals surface area contributed by atoms with Gasteiger partial charge in [-0.25, -0.2) is 4.39 Å². The molecule has 1 aliphatic rings. The third-order valence-corrected chi connectivity index (χ3v) is 4.12. The first-order valence-electron chi connectivity index (χ1n) is 7.19. The minimum atomic E-state index is -0.0994. The number of hydrogen-bond acceptors (Lipinski definition) is 2. The maximum absolute atomic E-state index is 13.4. The molecule has 1 unspecified atom stereocenters. The molecule has 2 rings (SSSR count). The fourth-order valence-electron chi connectivity index (χ4n) is 3.07. The zero-order chi connectivity index (χ0) is 13.8. The molecule has 0 saturated carbocycles. The third kappa shape index (κ3) is 3.77. The van der Waals surface area contributed by atoms with Crippen molar-refractivity contribution in [2.45, 2.75) is 25.7 Å². The number of hydrogen-bond donors (Lipinski definition) is 1. The van der Waals surface area contributed by atoms with E-state index in [9.17, 15) is 4.39 Å². The van der Waals surface area contributed by atoms with Gasteiger partial charge in [0.1, 0.15) is 5.82 Å². The van der Waals surface area contributed by atoms with Gasteiger partial charge in [-0.2, -0.15) is 0 Å². The minimum absolute atomic E-state index is 0.0994. The van der Waals surface area contributed by atoms with E-state index < -0.39 is 0 Å². The smallest absolute Gasteiger partial charge is 0.126 e. The second-order valence-corrected chi connectivity index (χ2v) is 5.96. The SMILES string of the molecule is Cc1cc(C(CN(C)C)C2CCNCC2)ccc1F. The molecule has 1 heterocycles. The predicted octanol–water partition coefficient (Wildman–Crippen LogP) is 2.78. The van der Waals surface area contributed by atoms with E-state index in [2.05, 4.69) is 24.3 Å². The molecule has 0 amide bonds. The molecule has 1 aromatic rings. The summed E-state index contributed by atoms with van der Waals surface area (Å²) in [5.41, 5.74) is 2.05. The van der Waals surface area contributed by atoms with Crippen LogP contribution in [0.5, 0.6) is 0 Å². The number of halogens is 1. The van der Waals surface area contributed by atoms with Gasteiger partial charge in [-0.3, -0.25) is 0 Å². The van der Waals surface area contributed by atoms with E-state index in [0.717, 1.165) is 25.2 Å². The van der Waals surface area contributed by atoms with Crippen LogP contribution in [0.15, 0.2) is 18.2 Å². The van der Waals surface area contributed by atoms with Crippen LogP contribution in [-0.2, 0) is 0 Å². The van der Waals surface area contributed by atoms with Gasteiger partial charge in [-0.15, -0.1) is 0 Å². The van der Waals surface area contributed by atoms with Gasteiger partial charge >= 0.3 is 0 Å². The third-order valence-electron chi connectivity index (χ3n) is 4.12. The molecular weight excluding hydrogens is 239 g/mol. The maximum Gasteiger partial charge on any atom is 0.126 e. The summed E-state index contributed by atoms with van der Waals surface area (Å²) in [5.74, 6) is 1.11. The normalized spacial score (nSPS) is 18.8. The molecule has 3 heteroatoms. The Bertz CT molecular complexity index is 411. The highest BCUT2D eigenvalue weighted by Gasteiger charge is 2.25.